The Hall–Kier alpha value is -2.69. The van der Waals surface area contributed by atoms with E-state index in [2.05, 4.69) is 17.6 Å². The summed E-state index contributed by atoms with van der Waals surface area (Å²) in [5.74, 6) is 0. The second kappa shape index (κ2) is 7.04. The van der Waals surface area contributed by atoms with Gasteiger partial charge in [-0.3, -0.25) is 10.4 Å². The molecular formula is C15H13ClN4. The Morgan fingerprint density at radius 1 is 0.850 bits per heavy atom. The molecule has 0 amide bonds. The quantitative estimate of drug-likeness (QED) is 0.878. The molecule has 4 nitrogen and oxygen atoms in total. The number of halogens is 1. The van der Waals surface area contributed by atoms with Crippen molar-refractivity contribution in [3.05, 3.63) is 59.7 Å². The average Bonchev–Trinajstić information content (AvgIpc) is 2.48. The van der Waals surface area contributed by atoms with Crippen LogP contribution in [0.3, 0.4) is 0 Å². The lowest BCUT2D eigenvalue weighted by atomic mass is 10.2. The normalized spacial score (nSPS) is 8.75. The van der Waals surface area contributed by atoms with Crippen molar-refractivity contribution < 1.29 is 0 Å². The molecule has 0 saturated heterocycles. The van der Waals surface area contributed by atoms with Crippen molar-refractivity contribution in [3.63, 3.8) is 0 Å². The number of hydrazine groups is 1. The summed E-state index contributed by atoms with van der Waals surface area (Å²) in [5, 5.41) is 19.3. The Bertz CT molecular complexity index is 636. The van der Waals surface area contributed by atoms with Gasteiger partial charge in [-0.05, 0) is 48.5 Å². The standard InChI is InChI=1S/C15H12N4.ClH/c1-19(15-8-4-13(11-17)5-9-15)18-14-6-2-12(10-16)3-7-14;/h2-9,18H,1H3;1H. The molecule has 5 heteroatoms. The van der Waals surface area contributed by atoms with Crippen LogP contribution in [0.2, 0.25) is 0 Å². The second-order valence-electron chi connectivity index (χ2n) is 4.02. The van der Waals surface area contributed by atoms with Crippen molar-refractivity contribution in [2.45, 2.75) is 0 Å². The molecule has 100 valence electrons. The summed E-state index contributed by atoms with van der Waals surface area (Å²) < 4.78 is 0. The van der Waals surface area contributed by atoms with Crippen LogP contribution in [0.5, 0.6) is 0 Å². The molecule has 0 atom stereocenters. The summed E-state index contributed by atoms with van der Waals surface area (Å²) in [6.45, 7) is 0. The van der Waals surface area contributed by atoms with Gasteiger partial charge in [0.15, 0.2) is 0 Å². The molecular weight excluding hydrogens is 272 g/mol. The van der Waals surface area contributed by atoms with Crippen LogP contribution in [0.4, 0.5) is 11.4 Å². The summed E-state index contributed by atoms with van der Waals surface area (Å²) in [6, 6.07) is 18.7. The fourth-order valence-corrected chi connectivity index (χ4v) is 1.64. The predicted octanol–water partition coefficient (Wildman–Crippen LogP) is 3.32. The minimum Gasteiger partial charge on any atom is -0.299 e. The summed E-state index contributed by atoms with van der Waals surface area (Å²) in [4.78, 5) is 0. The third-order valence-corrected chi connectivity index (χ3v) is 2.69. The molecule has 0 heterocycles. The Balaban J connectivity index is 0.00000200. The minimum absolute atomic E-state index is 0. The summed E-state index contributed by atoms with van der Waals surface area (Å²) in [7, 11) is 1.89. The van der Waals surface area contributed by atoms with Crippen LogP contribution in [0, 0.1) is 22.7 Å². The lowest BCUT2D eigenvalue weighted by molar-refractivity contribution is 1.09. The van der Waals surface area contributed by atoms with Crippen LogP contribution in [0.15, 0.2) is 48.5 Å². The molecule has 2 rings (SSSR count). The molecule has 20 heavy (non-hydrogen) atoms. The largest absolute Gasteiger partial charge is 0.299 e. The average molecular weight is 285 g/mol. The molecule has 0 aliphatic carbocycles. The number of nitrogens with one attached hydrogen (secondary N) is 1. The topological polar surface area (TPSA) is 62.9 Å². The molecule has 1 N–H and O–H groups in total. The monoisotopic (exact) mass is 284 g/mol. The molecule has 2 aromatic carbocycles. The van der Waals surface area contributed by atoms with Gasteiger partial charge >= 0.3 is 0 Å². The number of hydrogen-bond donors (Lipinski definition) is 1. The van der Waals surface area contributed by atoms with E-state index >= 15 is 0 Å². The molecule has 0 aliphatic heterocycles. The first-order chi connectivity index (χ1) is 9.22. The van der Waals surface area contributed by atoms with Crippen molar-refractivity contribution in [2.75, 3.05) is 17.5 Å². The van der Waals surface area contributed by atoms with Gasteiger partial charge in [0.25, 0.3) is 0 Å². The number of anilines is 2. The lowest BCUT2D eigenvalue weighted by Crippen LogP contribution is -2.24. The number of hydrogen-bond acceptors (Lipinski definition) is 4. The highest BCUT2D eigenvalue weighted by Crippen LogP contribution is 2.16. The van der Waals surface area contributed by atoms with Gasteiger partial charge in [0.1, 0.15) is 0 Å². The van der Waals surface area contributed by atoms with Crippen LogP contribution < -0.4 is 10.4 Å². The predicted molar refractivity (Wildman–Crippen MR) is 81.6 cm³/mol. The van der Waals surface area contributed by atoms with E-state index in [0.29, 0.717) is 11.1 Å². The van der Waals surface area contributed by atoms with Gasteiger partial charge in [-0.1, -0.05) is 0 Å². The van der Waals surface area contributed by atoms with E-state index in [1.54, 1.807) is 24.3 Å². The molecule has 0 unspecified atom stereocenters. The number of benzene rings is 2. The first kappa shape index (κ1) is 15.4. The van der Waals surface area contributed by atoms with Crippen molar-refractivity contribution in [2.24, 2.45) is 0 Å². The van der Waals surface area contributed by atoms with Crippen molar-refractivity contribution >= 4 is 23.8 Å². The van der Waals surface area contributed by atoms with E-state index in [1.807, 2.05) is 36.3 Å². The first-order valence-corrected chi connectivity index (χ1v) is 5.73. The highest BCUT2D eigenvalue weighted by molar-refractivity contribution is 5.85. The van der Waals surface area contributed by atoms with Crippen LogP contribution >= 0.6 is 12.4 Å². The van der Waals surface area contributed by atoms with E-state index in [-0.39, 0.29) is 12.4 Å². The van der Waals surface area contributed by atoms with Gasteiger partial charge in [0.2, 0.25) is 0 Å². The van der Waals surface area contributed by atoms with Crippen LogP contribution in [-0.4, -0.2) is 7.05 Å². The fourth-order valence-electron chi connectivity index (χ4n) is 1.64. The highest BCUT2D eigenvalue weighted by Gasteiger charge is 2.01. The second-order valence-corrected chi connectivity index (χ2v) is 4.02. The molecule has 0 radical (unpaired) electrons. The summed E-state index contributed by atoms with van der Waals surface area (Å²) in [5.41, 5.74) is 6.30. The maximum Gasteiger partial charge on any atom is 0.0991 e. The summed E-state index contributed by atoms with van der Waals surface area (Å²) in [6.07, 6.45) is 0. The number of nitriles is 2. The molecule has 0 bridgehead atoms. The van der Waals surface area contributed by atoms with E-state index in [4.69, 9.17) is 10.5 Å². The van der Waals surface area contributed by atoms with E-state index < -0.39 is 0 Å². The lowest BCUT2D eigenvalue weighted by Gasteiger charge is -2.21. The SMILES string of the molecule is CN(Nc1ccc(C#N)cc1)c1ccc(C#N)cc1.Cl. The van der Waals surface area contributed by atoms with Crippen molar-refractivity contribution in [1.29, 1.82) is 10.5 Å². The van der Waals surface area contributed by atoms with E-state index in [1.165, 1.54) is 0 Å². The number of rotatable bonds is 3. The van der Waals surface area contributed by atoms with Gasteiger partial charge in [-0.2, -0.15) is 10.5 Å². The van der Waals surface area contributed by atoms with Gasteiger partial charge in [0.05, 0.1) is 34.6 Å². The van der Waals surface area contributed by atoms with Gasteiger partial charge in [0, 0.05) is 7.05 Å². The Morgan fingerprint density at radius 2 is 1.30 bits per heavy atom. The van der Waals surface area contributed by atoms with E-state index in [0.717, 1.165) is 11.4 Å². The summed E-state index contributed by atoms with van der Waals surface area (Å²) >= 11 is 0. The maximum atomic E-state index is 8.75. The van der Waals surface area contributed by atoms with E-state index in [9.17, 15) is 0 Å². The third kappa shape index (κ3) is 3.65. The Morgan fingerprint density at radius 3 is 1.75 bits per heavy atom. The number of nitrogens with zero attached hydrogens (tertiary/aromatic N) is 3. The molecule has 2 aromatic rings. The molecule has 0 spiro atoms. The van der Waals surface area contributed by atoms with Gasteiger partial charge < -0.3 is 0 Å². The molecule has 0 aliphatic rings. The van der Waals surface area contributed by atoms with Crippen LogP contribution in [0.25, 0.3) is 0 Å². The maximum absolute atomic E-state index is 8.75. The molecule has 0 aromatic heterocycles. The smallest absolute Gasteiger partial charge is 0.0991 e. The Kier molecular flexibility index (Phi) is 5.41. The molecule has 0 saturated carbocycles. The minimum atomic E-state index is 0. The highest BCUT2D eigenvalue weighted by atomic mass is 35.5. The zero-order valence-electron chi connectivity index (χ0n) is 10.9. The molecule has 0 fully saturated rings. The van der Waals surface area contributed by atoms with Crippen LogP contribution in [0.1, 0.15) is 11.1 Å². The first-order valence-electron chi connectivity index (χ1n) is 5.73. The Labute approximate surface area is 124 Å². The van der Waals surface area contributed by atoms with Crippen LogP contribution in [-0.2, 0) is 0 Å². The zero-order valence-corrected chi connectivity index (χ0v) is 11.7. The zero-order chi connectivity index (χ0) is 13.7. The van der Waals surface area contributed by atoms with Crippen molar-refractivity contribution in [1.82, 2.24) is 0 Å². The third-order valence-electron chi connectivity index (χ3n) is 2.69. The fraction of sp³-hybridized carbons (Fsp3) is 0.0667. The van der Waals surface area contributed by atoms with Gasteiger partial charge in [-0.25, -0.2) is 0 Å². The van der Waals surface area contributed by atoms with Crippen molar-refractivity contribution in [3.8, 4) is 12.1 Å². The van der Waals surface area contributed by atoms with Gasteiger partial charge in [-0.15, -0.1) is 12.4 Å².